The van der Waals surface area contributed by atoms with Crippen LogP contribution in [0.2, 0.25) is 0 Å². The monoisotopic (exact) mass is 446 g/mol. The van der Waals surface area contributed by atoms with Gasteiger partial charge in [0.25, 0.3) is 10.0 Å². The molecule has 0 saturated carbocycles. The average Bonchev–Trinajstić information content (AvgIpc) is 3.18. The average molecular weight is 446 g/mol. The van der Waals surface area contributed by atoms with Crippen molar-refractivity contribution < 1.29 is 26.7 Å². The predicted molar refractivity (Wildman–Crippen MR) is 109 cm³/mol. The first-order valence-corrected chi connectivity index (χ1v) is 10.4. The first-order valence-electron chi connectivity index (χ1n) is 8.93. The van der Waals surface area contributed by atoms with Crippen molar-refractivity contribution in [3.8, 4) is 11.5 Å². The van der Waals surface area contributed by atoms with Gasteiger partial charge in [0.2, 0.25) is 5.95 Å². The predicted octanol–water partition coefficient (Wildman–Crippen LogP) is 4.02. The molecule has 4 aromatic rings. The molecule has 160 valence electrons. The fraction of sp³-hybridized carbons (Fsp3) is 0.100. The summed E-state index contributed by atoms with van der Waals surface area (Å²) in [5, 5.41) is 3.43. The van der Waals surface area contributed by atoms with Crippen LogP contribution in [0.25, 0.3) is 11.0 Å². The molecule has 0 radical (unpaired) electrons. The number of ether oxygens (including phenoxy) is 2. The lowest BCUT2D eigenvalue weighted by atomic mass is 10.3. The summed E-state index contributed by atoms with van der Waals surface area (Å²) in [4.78, 5) is 8.08. The first kappa shape index (κ1) is 20.5. The van der Waals surface area contributed by atoms with Gasteiger partial charge in [-0.05, 0) is 30.3 Å². The normalized spacial score (nSPS) is 11.6. The van der Waals surface area contributed by atoms with Gasteiger partial charge in [-0.3, -0.25) is 0 Å². The van der Waals surface area contributed by atoms with Gasteiger partial charge < -0.3 is 14.8 Å². The van der Waals surface area contributed by atoms with E-state index in [2.05, 4.69) is 20.0 Å². The summed E-state index contributed by atoms with van der Waals surface area (Å²) in [5.74, 6) is 0.309. The fourth-order valence-corrected chi connectivity index (χ4v) is 4.37. The number of hydrogen-bond donors (Lipinski definition) is 1. The van der Waals surface area contributed by atoms with Crippen molar-refractivity contribution in [1.82, 2.24) is 13.9 Å². The van der Waals surface area contributed by atoms with Crippen LogP contribution in [0.1, 0.15) is 0 Å². The van der Waals surface area contributed by atoms with Crippen molar-refractivity contribution in [2.75, 3.05) is 12.4 Å². The van der Waals surface area contributed by atoms with Crippen LogP contribution >= 0.6 is 0 Å². The highest BCUT2D eigenvalue weighted by molar-refractivity contribution is 7.90. The van der Waals surface area contributed by atoms with Crippen LogP contribution in [0.5, 0.6) is 11.5 Å². The van der Waals surface area contributed by atoms with E-state index in [1.165, 1.54) is 43.8 Å². The number of hydrogen-bond acceptors (Lipinski definition) is 7. The maximum absolute atomic E-state index is 13.2. The molecule has 0 spiro atoms. The van der Waals surface area contributed by atoms with Crippen molar-refractivity contribution >= 4 is 32.7 Å². The van der Waals surface area contributed by atoms with Crippen molar-refractivity contribution in [2.45, 2.75) is 11.5 Å². The zero-order valence-corrected chi connectivity index (χ0v) is 16.9. The van der Waals surface area contributed by atoms with E-state index >= 15 is 0 Å². The Morgan fingerprint density at radius 1 is 1.10 bits per heavy atom. The van der Waals surface area contributed by atoms with Gasteiger partial charge in [0, 0.05) is 29.5 Å². The zero-order valence-electron chi connectivity index (χ0n) is 16.1. The van der Waals surface area contributed by atoms with Crippen LogP contribution < -0.4 is 14.8 Å². The number of anilines is 2. The summed E-state index contributed by atoms with van der Waals surface area (Å²) in [7, 11) is -2.74. The number of nitrogens with one attached hydrogen (secondary N) is 1. The maximum Gasteiger partial charge on any atom is 0.387 e. The van der Waals surface area contributed by atoms with Crippen LogP contribution in [0.15, 0.2) is 71.9 Å². The highest BCUT2D eigenvalue weighted by atomic mass is 32.2. The molecule has 0 aliphatic carbocycles. The van der Waals surface area contributed by atoms with Crippen LogP contribution in [-0.4, -0.2) is 36.1 Å². The van der Waals surface area contributed by atoms with Gasteiger partial charge in [0.05, 0.1) is 7.11 Å². The summed E-state index contributed by atoms with van der Waals surface area (Å²) in [6.07, 6.45) is 2.74. The lowest BCUT2D eigenvalue weighted by Gasteiger charge is -2.12. The molecule has 2 aromatic carbocycles. The maximum atomic E-state index is 13.2. The van der Waals surface area contributed by atoms with E-state index in [1.54, 1.807) is 24.3 Å². The number of halogens is 2. The van der Waals surface area contributed by atoms with Crippen molar-refractivity contribution in [3.05, 3.63) is 67.0 Å². The Balaban J connectivity index is 1.76. The molecule has 4 rings (SSSR count). The van der Waals surface area contributed by atoms with E-state index in [0.29, 0.717) is 16.8 Å². The zero-order chi connectivity index (χ0) is 22.0. The van der Waals surface area contributed by atoms with Gasteiger partial charge in [-0.2, -0.15) is 13.8 Å². The van der Waals surface area contributed by atoms with Crippen molar-refractivity contribution in [3.63, 3.8) is 0 Å². The third-order valence-electron chi connectivity index (χ3n) is 4.32. The molecule has 0 bridgehead atoms. The van der Waals surface area contributed by atoms with Gasteiger partial charge in [0.1, 0.15) is 16.4 Å². The summed E-state index contributed by atoms with van der Waals surface area (Å²) in [5.41, 5.74) is 0.711. The molecule has 8 nitrogen and oxygen atoms in total. The number of methoxy groups -OCH3 is 1. The summed E-state index contributed by atoms with van der Waals surface area (Å²) in [6, 6.07) is 13.7. The Bertz CT molecular complexity index is 1340. The van der Waals surface area contributed by atoms with E-state index in [-0.39, 0.29) is 11.6 Å². The largest absolute Gasteiger partial charge is 0.497 e. The van der Waals surface area contributed by atoms with E-state index in [9.17, 15) is 17.2 Å². The van der Waals surface area contributed by atoms with Crippen LogP contribution in [0.3, 0.4) is 0 Å². The standard InChI is InChI=1S/C20H16F2N4O4S/c1-29-15-6-4-5-14(11-15)24-20-23-12-13-9-10-26(18(13)25-20)31(27,28)17-8-3-2-7-16(17)30-19(21)22/h2-12,19H,1H3,(H,23,24,25). The molecule has 1 N–H and O–H groups in total. The minimum atomic E-state index is -4.28. The molecule has 0 amide bonds. The van der Waals surface area contributed by atoms with Gasteiger partial charge in [-0.25, -0.2) is 17.4 Å². The van der Waals surface area contributed by atoms with E-state index in [0.717, 1.165) is 10.0 Å². The number of nitrogens with zero attached hydrogens (tertiary/aromatic N) is 3. The number of aromatic nitrogens is 3. The molecule has 0 aliphatic rings. The Morgan fingerprint density at radius 2 is 1.90 bits per heavy atom. The minimum absolute atomic E-state index is 0.0762. The van der Waals surface area contributed by atoms with Crippen LogP contribution in [0.4, 0.5) is 20.4 Å². The van der Waals surface area contributed by atoms with Crippen molar-refractivity contribution in [1.29, 1.82) is 0 Å². The highest BCUT2D eigenvalue weighted by Gasteiger charge is 2.25. The van der Waals surface area contributed by atoms with Gasteiger partial charge in [-0.15, -0.1) is 0 Å². The van der Waals surface area contributed by atoms with Crippen LogP contribution in [0, 0.1) is 0 Å². The Morgan fingerprint density at radius 3 is 2.68 bits per heavy atom. The first-order chi connectivity index (χ1) is 14.9. The number of rotatable bonds is 7. The molecule has 0 fully saturated rings. The summed E-state index contributed by atoms with van der Waals surface area (Å²) in [6.45, 7) is -3.17. The topological polar surface area (TPSA) is 95.3 Å². The number of fused-ring (bicyclic) bond motifs is 1. The Labute approximate surface area is 176 Å². The quantitative estimate of drug-likeness (QED) is 0.458. The van der Waals surface area contributed by atoms with Gasteiger partial charge in [-0.1, -0.05) is 18.2 Å². The SMILES string of the molecule is COc1cccc(Nc2ncc3ccn(S(=O)(=O)c4ccccc4OC(F)F)c3n2)c1. The van der Waals surface area contributed by atoms with E-state index in [1.807, 2.05) is 0 Å². The van der Waals surface area contributed by atoms with E-state index in [4.69, 9.17) is 4.74 Å². The Kier molecular flexibility index (Phi) is 5.42. The molecule has 2 heterocycles. The highest BCUT2D eigenvalue weighted by Crippen LogP contribution is 2.29. The van der Waals surface area contributed by atoms with E-state index < -0.39 is 27.3 Å². The molecular formula is C20H16F2N4O4S. The molecule has 31 heavy (non-hydrogen) atoms. The fourth-order valence-electron chi connectivity index (χ4n) is 2.94. The second-order valence-corrected chi connectivity index (χ2v) is 8.05. The Hall–Kier alpha value is -3.73. The second-order valence-electron chi connectivity index (χ2n) is 6.27. The minimum Gasteiger partial charge on any atom is -0.497 e. The number of benzene rings is 2. The van der Waals surface area contributed by atoms with Gasteiger partial charge in [0.15, 0.2) is 5.65 Å². The molecule has 2 aromatic heterocycles. The summed E-state index contributed by atoms with van der Waals surface area (Å²) >= 11 is 0. The number of alkyl halides is 2. The lowest BCUT2D eigenvalue weighted by molar-refractivity contribution is -0.0517. The molecular weight excluding hydrogens is 430 g/mol. The van der Waals surface area contributed by atoms with Gasteiger partial charge >= 0.3 is 6.61 Å². The summed E-state index contributed by atoms with van der Waals surface area (Å²) < 4.78 is 62.3. The third-order valence-corrected chi connectivity index (χ3v) is 6.03. The smallest absolute Gasteiger partial charge is 0.387 e. The van der Waals surface area contributed by atoms with Crippen molar-refractivity contribution in [2.24, 2.45) is 0 Å². The molecule has 0 saturated heterocycles. The lowest BCUT2D eigenvalue weighted by Crippen LogP contribution is -2.15. The van der Waals surface area contributed by atoms with Crippen LogP contribution in [-0.2, 0) is 10.0 Å². The molecule has 0 unspecified atom stereocenters. The third kappa shape index (κ3) is 4.12. The molecule has 0 aliphatic heterocycles. The second kappa shape index (κ2) is 8.19. The molecule has 11 heteroatoms. The molecule has 0 atom stereocenters. The number of para-hydroxylation sites is 1.